The quantitative estimate of drug-likeness (QED) is 0.654. The predicted octanol–water partition coefficient (Wildman–Crippen LogP) is 4.45. The molecule has 2 heteroatoms. The number of rotatable bonds is 1. The summed E-state index contributed by atoms with van der Waals surface area (Å²) in [5.41, 5.74) is 7.36. The zero-order valence-corrected chi connectivity index (χ0v) is 12.2. The zero-order valence-electron chi connectivity index (χ0n) is 12.2. The minimum Gasteiger partial charge on any atom is -0.264 e. The fourth-order valence-electron chi connectivity index (χ4n) is 3.26. The van der Waals surface area contributed by atoms with E-state index in [0.29, 0.717) is 0 Å². The molecule has 3 aromatic rings. The van der Waals surface area contributed by atoms with Crippen LogP contribution in [-0.4, -0.2) is 9.97 Å². The number of hydrogen-bond acceptors (Lipinski definition) is 2. The van der Waals surface area contributed by atoms with Crippen molar-refractivity contribution >= 4 is 0 Å². The Morgan fingerprint density at radius 1 is 0.857 bits per heavy atom. The highest BCUT2D eigenvalue weighted by Crippen LogP contribution is 2.48. The Kier molecular flexibility index (Phi) is 2.49. The number of fused-ring (bicyclic) bond motifs is 3. The van der Waals surface area contributed by atoms with Crippen LogP contribution in [0.4, 0.5) is 0 Å². The van der Waals surface area contributed by atoms with Crippen LogP contribution in [0.5, 0.6) is 0 Å². The van der Waals surface area contributed by atoms with Gasteiger partial charge in [-0.25, -0.2) is 0 Å². The molecule has 2 aromatic heterocycles. The van der Waals surface area contributed by atoms with Crippen molar-refractivity contribution in [3.8, 4) is 22.4 Å². The molecule has 0 saturated carbocycles. The average molecular weight is 272 g/mol. The fourth-order valence-corrected chi connectivity index (χ4v) is 3.26. The van der Waals surface area contributed by atoms with Crippen LogP contribution in [0.3, 0.4) is 0 Å². The topological polar surface area (TPSA) is 25.8 Å². The Morgan fingerprint density at radius 3 is 2.52 bits per heavy atom. The summed E-state index contributed by atoms with van der Waals surface area (Å²) in [7, 11) is 0. The van der Waals surface area contributed by atoms with Crippen LogP contribution < -0.4 is 0 Å². The van der Waals surface area contributed by atoms with E-state index in [0.717, 1.165) is 11.3 Å². The molecule has 0 amide bonds. The van der Waals surface area contributed by atoms with E-state index in [1.807, 2.05) is 24.5 Å². The molecule has 0 aliphatic heterocycles. The van der Waals surface area contributed by atoms with Gasteiger partial charge in [-0.1, -0.05) is 38.1 Å². The maximum Gasteiger partial charge on any atom is 0.0723 e. The molecule has 2 nitrogen and oxygen atoms in total. The van der Waals surface area contributed by atoms with Gasteiger partial charge in [-0.05, 0) is 40.5 Å². The summed E-state index contributed by atoms with van der Waals surface area (Å²) >= 11 is 0. The molecule has 0 N–H and O–H groups in total. The maximum absolute atomic E-state index is 4.66. The lowest BCUT2D eigenvalue weighted by Gasteiger charge is -2.20. The summed E-state index contributed by atoms with van der Waals surface area (Å²) < 4.78 is 0. The number of aromatic nitrogens is 2. The molecule has 0 saturated heterocycles. The van der Waals surface area contributed by atoms with Gasteiger partial charge in [0.25, 0.3) is 0 Å². The molecule has 2 heterocycles. The van der Waals surface area contributed by atoms with E-state index in [4.69, 9.17) is 0 Å². The summed E-state index contributed by atoms with van der Waals surface area (Å²) in [6.45, 7) is 4.53. The second-order valence-electron chi connectivity index (χ2n) is 6.03. The number of nitrogens with zero attached hydrogens (tertiary/aromatic N) is 2. The first-order chi connectivity index (χ1) is 10.2. The van der Waals surface area contributed by atoms with Crippen LogP contribution in [0.25, 0.3) is 22.4 Å². The standard InChI is InChI=1S/C19H16N2/c1-19(2)16-8-4-3-7-14(16)15-10-18(21-12-17(15)19)13-6-5-9-20-11-13/h3-12H,1-2H3. The van der Waals surface area contributed by atoms with E-state index in [1.165, 1.54) is 22.3 Å². The van der Waals surface area contributed by atoms with Crippen molar-refractivity contribution in [1.82, 2.24) is 9.97 Å². The second kappa shape index (κ2) is 4.26. The predicted molar refractivity (Wildman–Crippen MR) is 85.0 cm³/mol. The molecule has 21 heavy (non-hydrogen) atoms. The van der Waals surface area contributed by atoms with Crippen LogP contribution in [0, 0.1) is 0 Å². The Morgan fingerprint density at radius 2 is 1.71 bits per heavy atom. The Balaban J connectivity index is 1.96. The van der Waals surface area contributed by atoms with E-state index in [-0.39, 0.29) is 5.41 Å². The third-order valence-electron chi connectivity index (χ3n) is 4.43. The molecule has 1 aliphatic carbocycles. The molecule has 4 rings (SSSR count). The molecular weight excluding hydrogens is 256 g/mol. The molecule has 0 spiro atoms. The lowest BCUT2D eigenvalue weighted by molar-refractivity contribution is 0.657. The summed E-state index contributed by atoms with van der Waals surface area (Å²) in [4.78, 5) is 8.85. The smallest absolute Gasteiger partial charge is 0.0723 e. The van der Waals surface area contributed by atoms with Gasteiger partial charge >= 0.3 is 0 Å². The number of pyridine rings is 2. The monoisotopic (exact) mass is 272 g/mol. The van der Waals surface area contributed by atoms with Crippen LogP contribution in [0.2, 0.25) is 0 Å². The highest BCUT2D eigenvalue weighted by molar-refractivity contribution is 5.82. The summed E-state index contributed by atoms with van der Waals surface area (Å²) in [6.07, 6.45) is 5.67. The van der Waals surface area contributed by atoms with Crippen molar-refractivity contribution in [1.29, 1.82) is 0 Å². The Bertz CT molecular complexity index is 820. The Labute approximate surface area is 124 Å². The third kappa shape index (κ3) is 1.72. The van der Waals surface area contributed by atoms with Gasteiger partial charge in [0, 0.05) is 29.6 Å². The van der Waals surface area contributed by atoms with Gasteiger partial charge in [-0.3, -0.25) is 9.97 Å². The van der Waals surface area contributed by atoms with Crippen LogP contribution in [0.1, 0.15) is 25.0 Å². The van der Waals surface area contributed by atoms with E-state index in [2.05, 4.69) is 54.1 Å². The van der Waals surface area contributed by atoms with Gasteiger partial charge in [0.15, 0.2) is 0 Å². The first-order valence-electron chi connectivity index (χ1n) is 7.19. The van der Waals surface area contributed by atoms with Crippen molar-refractivity contribution in [2.75, 3.05) is 0 Å². The van der Waals surface area contributed by atoms with Gasteiger partial charge in [0.1, 0.15) is 0 Å². The second-order valence-corrected chi connectivity index (χ2v) is 6.03. The SMILES string of the molecule is CC1(C)c2ccccc2-c2cc(-c3cccnc3)ncc21. The maximum atomic E-state index is 4.66. The Hall–Kier alpha value is -2.48. The molecule has 0 fully saturated rings. The van der Waals surface area contributed by atoms with E-state index < -0.39 is 0 Å². The zero-order chi connectivity index (χ0) is 14.4. The lowest BCUT2D eigenvalue weighted by atomic mass is 9.83. The van der Waals surface area contributed by atoms with Gasteiger partial charge in [-0.15, -0.1) is 0 Å². The average Bonchev–Trinajstić information content (AvgIpc) is 2.77. The van der Waals surface area contributed by atoms with E-state index >= 15 is 0 Å². The highest BCUT2D eigenvalue weighted by atomic mass is 14.7. The van der Waals surface area contributed by atoms with Crippen molar-refractivity contribution in [3.05, 3.63) is 72.2 Å². The molecule has 102 valence electrons. The largest absolute Gasteiger partial charge is 0.264 e. The highest BCUT2D eigenvalue weighted by Gasteiger charge is 2.35. The van der Waals surface area contributed by atoms with Crippen molar-refractivity contribution in [2.45, 2.75) is 19.3 Å². The number of hydrogen-bond donors (Lipinski definition) is 0. The number of benzene rings is 1. The van der Waals surface area contributed by atoms with Crippen molar-refractivity contribution in [3.63, 3.8) is 0 Å². The van der Waals surface area contributed by atoms with E-state index in [1.54, 1.807) is 6.20 Å². The molecule has 1 aliphatic rings. The lowest BCUT2D eigenvalue weighted by Crippen LogP contribution is -2.15. The molecule has 0 radical (unpaired) electrons. The fraction of sp³-hybridized carbons (Fsp3) is 0.158. The van der Waals surface area contributed by atoms with Gasteiger partial charge in [-0.2, -0.15) is 0 Å². The van der Waals surface area contributed by atoms with Crippen LogP contribution in [-0.2, 0) is 5.41 Å². The summed E-state index contributed by atoms with van der Waals surface area (Å²) in [5.74, 6) is 0. The van der Waals surface area contributed by atoms with Crippen molar-refractivity contribution in [2.24, 2.45) is 0 Å². The minimum atomic E-state index is 0.0202. The molecule has 1 aromatic carbocycles. The molecular formula is C19H16N2. The van der Waals surface area contributed by atoms with Gasteiger partial charge < -0.3 is 0 Å². The first-order valence-corrected chi connectivity index (χ1v) is 7.19. The minimum absolute atomic E-state index is 0.0202. The molecule has 0 unspecified atom stereocenters. The normalized spacial score (nSPS) is 14.6. The third-order valence-corrected chi connectivity index (χ3v) is 4.43. The van der Waals surface area contributed by atoms with Gasteiger partial charge in [0.05, 0.1) is 5.69 Å². The summed E-state index contributed by atoms with van der Waals surface area (Å²) in [5, 5.41) is 0. The van der Waals surface area contributed by atoms with Crippen LogP contribution >= 0.6 is 0 Å². The van der Waals surface area contributed by atoms with Crippen LogP contribution in [0.15, 0.2) is 61.1 Å². The van der Waals surface area contributed by atoms with E-state index in [9.17, 15) is 0 Å². The first kappa shape index (κ1) is 12.3. The molecule has 0 atom stereocenters. The summed E-state index contributed by atoms with van der Waals surface area (Å²) in [6, 6.07) is 14.8. The van der Waals surface area contributed by atoms with Gasteiger partial charge in [0.2, 0.25) is 0 Å². The van der Waals surface area contributed by atoms with Crippen molar-refractivity contribution < 1.29 is 0 Å². The molecule has 0 bridgehead atoms.